The second kappa shape index (κ2) is 9.89. The molecule has 0 aliphatic carbocycles. The number of nitriles is 1. The van der Waals surface area contributed by atoms with E-state index in [9.17, 15) is 9.65 Å². The highest BCUT2D eigenvalue weighted by atomic mass is 19.1. The molecule has 8 heteroatoms. The molecule has 1 aromatic heterocycles. The van der Waals surface area contributed by atoms with E-state index < -0.39 is 6.17 Å². The van der Waals surface area contributed by atoms with Gasteiger partial charge in [-0.05, 0) is 54.6 Å². The van der Waals surface area contributed by atoms with Gasteiger partial charge in [-0.3, -0.25) is 4.90 Å². The Hall–Kier alpha value is -3.54. The number of anilines is 1. The van der Waals surface area contributed by atoms with Crippen molar-refractivity contribution in [3.63, 3.8) is 0 Å². The van der Waals surface area contributed by atoms with Crippen LogP contribution in [-0.4, -0.2) is 71.4 Å². The number of fused-ring (bicyclic) bond motifs is 4. The quantitative estimate of drug-likeness (QED) is 0.506. The average molecular weight is 525 g/mol. The molecule has 4 atom stereocenters. The summed E-state index contributed by atoms with van der Waals surface area (Å²) in [6, 6.07) is 17.9. The summed E-state index contributed by atoms with van der Waals surface area (Å²) in [5, 5.41) is 16.3. The van der Waals surface area contributed by atoms with Crippen LogP contribution in [0.15, 0.2) is 42.5 Å². The summed E-state index contributed by atoms with van der Waals surface area (Å²) in [7, 11) is 0. The monoisotopic (exact) mass is 524 g/mol. The van der Waals surface area contributed by atoms with E-state index in [0.717, 1.165) is 61.7 Å². The third-order valence-corrected chi connectivity index (χ3v) is 9.00. The van der Waals surface area contributed by atoms with Crippen LogP contribution in [0.2, 0.25) is 0 Å². The van der Waals surface area contributed by atoms with Crippen molar-refractivity contribution in [2.45, 2.75) is 55.9 Å². The highest BCUT2D eigenvalue weighted by Gasteiger charge is 2.49. The first-order chi connectivity index (χ1) is 19.1. The van der Waals surface area contributed by atoms with Gasteiger partial charge in [0.25, 0.3) is 0 Å². The average Bonchev–Trinajstić information content (AvgIpc) is 3.60. The van der Waals surface area contributed by atoms with Gasteiger partial charge in [-0.25, -0.2) is 4.39 Å². The fourth-order valence-corrected chi connectivity index (χ4v) is 7.15. The van der Waals surface area contributed by atoms with E-state index in [1.54, 1.807) is 0 Å². The predicted molar refractivity (Wildman–Crippen MR) is 150 cm³/mol. The summed E-state index contributed by atoms with van der Waals surface area (Å²) >= 11 is 0. The van der Waals surface area contributed by atoms with Crippen LogP contribution in [0, 0.1) is 11.3 Å². The first-order valence-electron chi connectivity index (χ1n) is 14.1. The van der Waals surface area contributed by atoms with Crippen molar-refractivity contribution in [1.82, 2.24) is 20.2 Å². The molecule has 0 unspecified atom stereocenters. The molecule has 0 saturated carbocycles. The molecular weight excluding hydrogens is 491 g/mol. The van der Waals surface area contributed by atoms with Gasteiger partial charge >= 0.3 is 6.01 Å². The molecule has 4 saturated heterocycles. The van der Waals surface area contributed by atoms with Gasteiger partial charge in [0, 0.05) is 38.1 Å². The number of aromatic nitrogens is 2. The van der Waals surface area contributed by atoms with Crippen molar-refractivity contribution in [2.24, 2.45) is 0 Å². The molecule has 3 aromatic rings. The molecule has 1 N–H and O–H groups in total. The van der Waals surface area contributed by atoms with E-state index in [-0.39, 0.29) is 11.5 Å². The number of benzene rings is 2. The summed E-state index contributed by atoms with van der Waals surface area (Å²) < 4.78 is 20.6. The van der Waals surface area contributed by atoms with E-state index in [4.69, 9.17) is 14.7 Å². The molecule has 5 heterocycles. The number of alkyl halides is 1. The first kappa shape index (κ1) is 24.5. The molecule has 4 aliphatic heterocycles. The molecule has 4 aliphatic rings. The Kier molecular flexibility index (Phi) is 6.21. The van der Waals surface area contributed by atoms with Gasteiger partial charge in [-0.1, -0.05) is 48.5 Å². The standard InChI is InChI=1S/C31H33FN6O/c32-23-15-31(13-4-14-38(31)17-23)20-39-30-35-28(12-9-22-7-3-6-21-5-1-2-8-26(21)22)27(16-33)29(36-30)37-18-24-10-11-25(19-37)34-24/h1-3,5-9,12,23-25,34H,4,10-11,13-15,17-20H2/b12-9+/t23-,24-,25+,31+/m1/s1. The second-order valence-electron chi connectivity index (χ2n) is 11.5. The molecule has 0 amide bonds. The number of nitrogens with zero attached hydrogens (tertiary/aromatic N) is 5. The van der Waals surface area contributed by atoms with Crippen molar-refractivity contribution in [2.75, 3.05) is 37.7 Å². The van der Waals surface area contributed by atoms with Crippen LogP contribution < -0.4 is 15.0 Å². The maximum atomic E-state index is 14.4. The molecule has 2 bridgehead atoms. The lowest BCUT2D eigenvalue weighted by molar-refractivity contribution is 0.107. The zero-order chi connectivity index (χ0) is 26.4. The maximum Gasteiger partial charge on any atom is 0.319 e. The van der Waals surface area contributed by atoms with Crippen molar-refractivity contribution in [1.29, 1.82) is 5.26 Å². The van der Waals surface area contributed by atoms with Gasteiger partial charge in [-0.2, -0.15) is 15.2 Å². The molecule has 2 aromatic carbocycles. The number of hydrogen-bond donors (Lipinski definition) is 1. The predicted octanol–water partition coefficient (Wildman–Crippen LogP) is 4.57. The number of ether oxygens (including phenoxy) is 1. The number of piperazine rings is 1. The van der Waals surface area contributed by atoms with E-state index in [1.807, 2.05) is 30.4 Å². The smallest absolute Gasteiger partial charge is 0.319 e. The third-order valence-electron chi connectivity index (χ3n) is 9.00. The minimum Gasteiger partial charge on any atom is -0.461 e. The Labute approximate surface area is 228 Å². The van der Waals surface area contributed by atoms with Gasteiger partial charge in [-0.15, -0.1) is 0 Å². The van der Waals surface area contributed by atoms with Crippen molar-refractivity contribution >= 4 is 28.7 Å². The van der Waals surface area contributed by atoms with E-state index in [1.165, 1.54) is 0 Å². The molecule has 4 fully saturated rings. The maximum absolute atomic E-state index is 14.4. The SMILES string of the molecule is N#Cc1c(/C=C/c2cccc3ccccc23)nc(OC[C@@]23CCCN2C[C@H](F)C3)nc1N1C[C@H]2CC[C@@H](C1)N2. The van der Waals surface area contributed by atoms with Crippen LogP contribution in [0.1, 0.15) is 48.9 Å². The molecule has 39 heavy (non-hydrogen) atoms. The molecule has 0 radical (unpaired) electrons. The lowest BCUT2D eigenvalue weighted by atomic mass is 9.95. The highest BCUT2D eigenvalue weighted by molar-refractivity contribution is 5.93. The Balaban J connectivity index is 1.25. The molecule has 200 valence electrons. The number of rotatable bonds is 6. The van der Waals surface area contributed by atoms with Crippen LogP contribution in [0.3, 0.4) is 0 Å². The van der Waals surface area contributed by atoms with E-state index in [0.29, 0.717) is 48.7 Å². The summed E-state index contributed by atoms with van der Waals surface area (Å²) in [5.41, 5.74) is 1.78. The van der Waals surface area contributed by atoms with Crippen LogP contribution in [0.5, 0.6) is 6.01 Å². The van der Waals surface area contributed by atoms with Gasteiger partial charge in [0.05, 0.1) is 11.2 Å². The topological polar surface area (TPSA) is 77.3 Å². The van der Waals surface area contributed by atoms with Gasteiger partial charge in [0.2, 0.25) is 0 Å². The fraction of sp³-hybridized carbons (Fsp3) is 0.452. The first-order valence-corrected chi connectivity index (χ1v) is 14.1. The van der Waals surface area contributed by atoms with Gasteiger partial charge in [0.1, 0.15) is 24.4 Å². The molecular formula is C31H33FN6O. The second-order valence-corrected chi connectivity index (χ2v) is 11.5. The number of nitrogens with one attached hydrogen (secondary N) is 1. The van der Waals surface area contributed by atoms with Crippen molar-refractivity contribution in [3.05, 3.63) is 59.3 Å². The Morgan fingerprint density at radius 2 is 1.90 bits per heavy atom. The third kappa shape index (κ3) is 4.54. The van der Waals surface area contributed by atoms with E-state index in [2.05, 4.69) is 45.5 Å². The van der Waals surface area contributed by atoms with Crippen LogP contribution in [-0.2, 0) is 0 Å². The summed E-state index contributed by atoms with van der Waals surface area (Å²) in [5.74, 6) is 0.633. The minimum absolute atomic E-state index is 0.260. The molecule has 0 spiro atoms. The highest BCUT2D eigenvalue weighted by Crippen LogP contribution is 2.40. The van der Waals surface area contributed by atoms with Gasteiger partial charge in [0.15, 0.2) is 5.82 Å². The van der Waals surface area contributed by atoms with Crippen molar-refractivity contribution < 1.29 is 9.13 Å². The number of halogens is 1. The largest absolute Gasteiger partial charge is 0.461 e. The zero-order valence-corrected chi connectivity index (χ0v) is 22.0. The Bertz CT molecular complexity index is 1450. The lowest BCUT2D eigenvalue weighted by Crippen LogP contribution is -2.51. The minimum atomic E-state index is -0.818. The van der Waals surface area contributed by atoms with Crippen LogP contribution >= 0.6 is 0 Å². The fourth-order valence-electron chi connectivity index (χ4n) is 7.15. The Morgan fingerprint density at radius 3 is 2.74 bits per heavy atom. The molecule has 7 rings (SSSR count). The normalized spacial score (nSPS) is 28.3. The summed E-state index contributed by atoms with van der Waals surface area (Å²) in [4.78, 5) is 14.0. The van der Waals surface area contributed by atoms with Gasteiger partial charge < -0.3 is 15.0 Å². The number of hydrogen-bond acceptors (Lipinski definition) is 7. The summed E-state index contributed by atoms with van der Waals surface area (Å²) in [6.07, 6.45) is 7.84. The lowest BCUT2D eigenvalue weighted by Gasteiger charge is -2.34. The van der Waals surface area contributed by atoms with E-state index >= 15 is 0 Å². The van der Waals surface area contributed by atoms with Crippen LogP contribution in [0.4, 0.5) is 10.2 Å². The Morgan fingerprint density at radius 1 is 1.08 bits per heavy atom. The zero-order valence-electron chi connectivity index (χ0n) is 22.0. The van der Waals surface area contributed by atoms with Crippen LogP contribution in [0.25, 0.3) is 22.9 Å². The summed E-state index contributed by atoms with van der Waals surface area (Å²) in [6.45, 7) is 3.35. The molecule has 7 nitrogen and oxygen atoms in total. The van der Waals surface area contributed by atoms with Crippen molar-refractivity contribution in [3.8, 4) is 12.1 Å².